The van der Waals surface area contributed by atoms with Gasteiger partial charge in [0.15, 0.2) is 0 Å². The van der Waals surface area contributed by atoms with Gasteiger partial charge >= 0.3 is 6.09 Å². The number of amides is 1. The lowest BCUT2D eigenvalue weighted by atomic mass is 9.85. The highest BCUT2D eigenvalue weighted by molar-refractivity contribution is 5.68. The van der Waals surface area contributed by atoms with Gasteiger partial charge in [-0.3, -0.25) is 0 Å². The van der Waals surface area contributed by atoms with Crippen molar-refractivity contribution in [1.82, 2.24) is 5.32 Å². The number of nitrogens with one attached hydrogen (secondary N) is 1. The third-order valence-corrected chi connectivity index (χ3v) is 2.84. The van der Waals surface area contributed by atoms with Crippen LogP contribution < -0.4 is 5.32 Å². The summed E-state index contributed by atoms with van der Waals surface area (Å²) in [5.74, 6) is 0.244. The predicted octanol–water partition coefficient (Wildman–Crippen LogP) is 2.06. The van der Waals surface area contributed by atoms with Crippen LogP contribution in [0.1, 0.15) is 47.0 Å². The summed E-state index contributed by atoms with van der Waals surface area (Å²) in [5, 5.41) is 12.4. The van der Waals surface area contributed by atoms with Gasteiger partial charge in [0.2, 0.25) is 0 Å². The highest BCUT2D eigenvalue weighted by Gasteiger charge is 2.28. The van der Waals surface area contributed by atoms with Gasteiger partial charge in [-0.2, -0.15) is 0 Å². The molecular formula is C12H23NO3. The van der Waals surface area contributed by atoms with Gasteiger partial charge in [0, 0.05) is 6.04 Å². The molecule has 2 N–H and O–H groups in total. The maximum absolute atomic E-state index is 11.5. The molecule has 94 valence electrons. The Balaban J connectivity index is 2.35. The number of rotatable bonds is 1. The first-order valence-corrected chi connectivity index (χ1v) is 5.95. The standard InChI is InChI=1S/C12H23NO3/c1-8-7-9(5-6-10(8)14)13-11(15)16-12(2,3)4/h8-10,14H,5-7H2,1-4H3,(H,13,15)/t8-,9-,10+/m0/s1. The first kappa shape index (κ1) is 13.3. The molecule has 1 fully saturated rings. The number of hydrogen-bond acceptors (Lipinski definition) is 3. The van der Waals surface area contributed by atoms with E-state index in [1.54, 1.807) is 0 Å². The molecule has 1 aliphatic carbocycles. The van der Waals surface area contributed by atoms with Crippen molar-refractivity contribution in [2.24, 2.45) is 5.92 Å². The van der Waals surface area contributed by atoms with Crippen LogP contribution in [0.15, 0.2) is 0 Å². The molecule has 0 aromatic carbocycles. The Labute approximate surface area is 97.4 Å². The first-order chi connectivity index (χ1) is 7.28. The van der Waals surface area contributed by atoms with E-state index in [1.165, 1.54) is 0 Å². The highest BCUT2D eigenvalue weighted by Crippen LogP contribution is 2.24. The van der Waals surface area contributed by atoms with E-state index in [0.717, 1.165) is 19.3 Å². The molecule has 4 nitrogen and oxygen atoms in total. The third kappa shape index (κ3) is 4.39. The van der Waals surface area contributed by atoms with E-state index in [1.807, 2.05) is 27.7 Å². The lowest BCUT2D eigenvalue weighted by Crippen LogP contribution is -2.43. The fraction of sp³-hybridized carbons (Fsp3) is 0.917. The van der Waals surface area contributed by atoms with Gasteiger partial charge in [0.1, 0.15) is 5.60 Å². The van der Waals surface area contributed by atoms with Crippen molar-refractivity contribution in [2.45, 2.75) is 64.7 Å². The highest BCUT2D eigenvalue weighted by atomic mass is 16.6. The summed E-state index contributed by atoms with van der Waals surface area (Å²) >= 11 is 0. The summed E-state index contributed by atoms with van der Waals surface area (Å²) in [6.07, 6.45) is 1.81. The van der Waals surface area contributed by atoms with Crippen LogP contribution in [0, 0.1) is 5.92 Å². The van der Waals surface area contributed by atoms with E-state index in [0.29, 0.717) is 0 Å². The minimum absolute atomic E-state index is 0.133. The number of aliphatic hydroxyl groups is 1. The number of alkyl carbamates (subject to hydrolysis) is 1. The number of ether oxygens (including phenoxy) is 1. The van der Waals surface area contributed by atoms with Gasteiger partial charge in [-0.15, -0.1) is 0 Å². The Morgan fingerprint density at radius 1 is 1.38 bits per heavy atom. The second-order valence-electron chi connectivity index (χ2n) is 5.70. The molecule has 0 heterocycles. The molecule has 1 amide bonds. The van der Waals surface area contributed by atoms with Crippen molar-refractivity contribution >= 4 is 6.09 Å². The van der Waals surface area contributed by atoms with Crippen molar-refractivity contribution in [3.8, 4) is 0 Å². The number of carbonyl (C=O) groups is 1. The molecule has 0 spiro atoms. The predicted molar refractivity (Wildman–Crippen MR) is 62.2 cm³/mol. The van der Waals surface area contributed by atoms with Crippen molar-refractivity contribution in [2.75, 3.05) is 0 Å². The van der Waals surface area contributed by atoms with E-state index in [-0.39, 0.29) is 24.2 Å². The largest absolute Gasteiger partial charge is 0.444 e. The second-order valence-corrected chi connectivity index (χ2v) is 5.70. The van der Waals surface area contributed by atoms with E-state index in [9.17, 15) is 9.90 Å². The number of carbonyl (C=O) groups excluding carboxylic acids is 1. The van der Waals surface area contributed by atoms with Crippen LogP contribution in [0.3, 0.4) is 0 Å². The minimum Gasteiger partial charge on any atom is -0.444 e. The molecule has 0 aliphatic heterocycles. The molecule has 0 unspecified atom stereocenters. The summed E-state index contributed by atoms with van der Waals surface area (Å²) in [6, 6.07) is 0.133. The van der Waals surface area contributed by atoms with Crippen LogP contribution in [0.5, 0.6) is 0 Å². The fourth-order valence-electron chi connectivity index (χ4n) is 1.99. The summed E-state index contributed by atoms with van der Waals surface area (Å²) in [6.45, 7) is 7.55. The van der Waals surface area contributed by atoms with Gasteiger partial charge in [-0.05, 0) is 46.0 Å². The summed E-state index contributed by atoms with van der Waals surface area (Å²) in [7, 11) is 0. The van der Waals surface area contributed by atoms with Gasteiger partial charge < -0.3 is 15.2 Å². The molecule has 1 aliphatic rings. The molecule has 16 heavy (non-hydrogen) atoms. The number of hydrogen-bond donors (Lipinski definition) is 2. The minimum atomic E-state index is -0.454. The van der Waals surface area contributed by atoms with Gasteiger partial charge in [0.05, 0.1) is 6.10 Å². The van der Waals surface area contributed by atoms with Crippen LogP contribution in [-0.2, 0) is 4.74 Å². The Morgan fingerprint density at radius 2 is 2.00 bits per heavy atom. The zero-order valence-corrected chi connectivity index (χ0v) is 10.6. The molecular weight excluding hydrogens is 206 g/mol. The summed E-state index contributed by atoms with van der Waals surface area (Å²) in [5.41, 5.74) is -0.454. The first-order valence-electron chi connectivity index (χ1n) is 5.95. The van der Waals surface area contributed by atoms with Crippen molar-refractivity contribution in [3.63, 3.8) is 0 Å². The molecule has 0 radical (unpaired) electrons. The summed E-state index contributed by atoms with van der Waals surface area (Å²) in [4.78, 5) is 11.5. The Hall–Kier alpha value is -0.770. The molecule has 1 rings (SSSR count). The Morgan fingerprint density at radius 3 is 2.50 bits per heavy atom. The SMILES string of the molecule is C[C@H]1C[C@@H](NC(=O)OC(C)(C)C)CC[C@H]1O. The summed E-state index contributed by atoms with van der Waals surface area (Å²) < 4.78 is 5.19. The van der Waals surface area contributed by atoms with E-state index < -0.39 is 5.60 Å². The zero-order chi connectivity index (χ0) is 12.3. The van der Waals surface area contributed by atoms with Gasteiger partial charge in [-0.1, -0.05) is 6.92 Å². The fourth-order valence-corrected chi connectivity index (χ4v) is 1.99. The van der Waals surface area contributed by atoms with Crippen LogP contribution in [-0.4, -0.2) is 28.9 Å². The van der Waals surface area contributed by atoms with Crippen LogP contribution >= 0.6 is 0 Å². The average Bonchev–Trinajstić information content (AvgIpc) is 2.08. The molecule has 0 aromatic heterocycles. The molecule has 0 saturated heterocycles. The van der Waals surface area contributed by atoms with Crippen molar-refractivity contribution < 1.29 is 14.6 Å². The molecule has 0 bridgehead atoms. The molecule has 4 heteroatoms. The van der Waals surface area contributed by atoms with Gasteiger partial charge in [0.25, 0.3) is 0 Å². The lowest BCUT2D eigenvalue weighted by molar-refractivity contribution is 0.0382. The van der Waals surface area contributed by atoms with Crippen molar-refractivity contribution in [1.29, 1.82) is 0 Å². The van der Waals surface area contributed by atoms with E-state index in [4.69, 9.17) is 4.74 Å². The Kier molecular flexibility index (Phi) is 4.19. The van der Waals surface area contributed by atoms with Crippen molar-refractivity contribution in [3.05, 3.63) is 0 Å². The maximum Gasteiger partial charge on any atom is 0.407 e. The monoisotopic (exact) mass is 229 g/mol. The third-order valence-electron chi connectivity index (χ3n) is 2.84. The average molecular weight is 229 g/mol. The Bertz CT molecular complexity index is 247. The normalized spacial score (nSPS) is 30.9. The van der Waals surface area contributed by atoms with Crippen LogP contribution in [0.4, 0.5) is 4.79 Å². The van der Waals surface area contributed by atoms with Gasteiger partial charge in [-0.25, -0.2) is 4.79 Å². The smallest absolute Gasteiger partial charge is 0.407 e. The zero-order valence-electron chi connectivity index (χ0n) is 10.6. The lowest BCUT2D eigenvalue weighted by Gasteiger charge is -2.32. The molecule has 3 atom stereocenters. The topological polar surface area (TPSA) is 58.6 Å². The second kappa shape index (κ2) is 5.04. The number of aliphatic hydroxyl groups excluding tert-OH is 1. The quantitative estimate of drug-likeness (QED) is 0.723. The van der Waals surface area contributed by atoms with Crippen LogP contribution in [0.2, 0.25) is 0 Å². The molecule has 0 aromatic rings. The van der Waals surface area contributed by atoms with E-state index in [2.05, 4.69) is 5.32 Å². The molecule has 1 saturated carbocycles. The van der Waals surface area contributed by atoms with Crippen LogP contribution in [0.25, 0.3) is 0 Å². The maximum atomic E-state index is 11.5. The van der Waals surface area contributed by atoms with E-state index >= 15 is 0 Å².